The minimum Gasteiger partial charge on any atom is -0.465 e. The van der Waals surface area contributed by atoms with Gasteiger partial charge >= 0.3 is 5.97 Å². The van der Waals surface area contributed by atoms with E-state index in [4.69, 9.17) is 4.74 Å². The van der Waals surface area contributed by atoms with Crippen molar-refractivity contribution in [1.29, 1.82) is 0 Å². The molecule has 19 heavy (non-hydrogen) atoms. The maximum atomic E-state index is 12.2. The lowest BCUT2D eigenvalue weighted by Gasteiger charge is -2.25. The third-order valence-corrected chi connectivity index (χ3v) is 4.50. The number of benzene rings is 2. The first-order valence-corrected chi connectivity index (χ1v) is 7.46. The van der Waals surface area contributed by atoms with Gasteiger partial charge in [0.15, 0.2) is 0 Å². The zero-order valence-corrected chi connectivity index (χ0v) is 12.7. The Morgan fingerprint density at radius 2 is 1.89 bits per heavy atom. The van der Waals surface area contributed by atoms with E-state index in [0.29, 0.717) is 11.9 Å². The van der Waals surface area contributed by atoms with E-state index in [1.807, 2.05) is 38.1 Å². The number of hydrogen-bond acceptors (Lipinski definition) is 2. The second-order valence-electron chi connectivity index (χ2n) is 4.75. The van der Waals surface area contributed by atoms with E-state index in [0.717, 1.165) is 10.9 Å². The summed E-state index contributed by atoms with van der Waals surface area (Å²) in [5.41, 5.74) is 0.321. The predicted octanol–water partition coefficient (Wildman–Crippen LogP) is 4.06. The second-order valence-corrected chi connectivity index (χ2v) is 5.31. The first kappa shape index (κ1) is 14.1. The number of hydrogen-bond donors (Lipinski definition) is 0. The van der Waals surface area contributed by atoms with Crippen molar-refractivity contribution in [3.05, 3.63) is 48.0 Å². The zero-order valence-electron chi connectivity index (χ0n) is 11.2. The SMILES string of the molecule is CCOC(=O)[C@](C)(CBr)c1ccc2ccccc2c1. The van der Waals surface area contributed by atoms with Crippen LogP contribution in [-0.4, -0.2) is 17.9 Å². The smallest absolute Gasteiger partial charge is 0.317 e. The molecular formula is C16H17BrO2. The molecule has 2 rings (SSSR count). The van der Waals surface area contributed by atoms with E-state index >= 15 is 0 Å². The fourth-order valence-corrected chi connectivity index (χ4v) is 2.63. The number of rotatable bonds is 4. The van der Waals surface area contributed by atoms with Crippen molar-refractivity contribution in [1.82, 2.24) is 0 Å². The van der Waals surface area contributed by atoms with Gasteiger partial charge in [-0.05, 0) is 36.2 Å². The summed E-state index contributed by atoms with van der Waals surface area (Å²) < 4.78 is 5.20. The van der Waals surface area contributed by atoms with Gasteiger partial charge in [0.05, 0.1) is 12.0 Å². The standard InChI is InChI=1S/C16H17BrO2/c1-3-19-15(18)16(2,11-17)14-9-8-12-6-4-5-7-13(12)10-14/h4-10H,3,11H2,1-2H3/t16-/m1/s1. The highest BCUT2D eigenvalue weighted by Gasteiger charge is 2.35. The van der Waals surface area contributed by atoms with Crippen molar-refractivity contribution in [2.75, 3.05) is 11.9 Å². The van der Waals surface area contributed by atoms with E-state index in [1.54, 1.807) is 0 Å². The second kappa shape index (κ2) is 5.74. The molecule has 2 aromatic rings. The molecule has 0 amide bonds. The quantitative estimate of drug-likeness (QED) is 0.627. The third kappa shape index (κ3) is 2.66. The van der Waals surface area contributed by atoms with Crippen molar-refractivity contribution in [3.8, 4) is 0 Å². The van der Waals surface area contributed by atoms with Crippen LogP contribution in [0.25, 0.3) is 10.8 Å². The molecule has 2 nitrogen and oxygen atoms in total. The normalized spacial score (nSPS) is 14.1. The largest absolute Gasteiger partial charge is 0.465 e. The molecule has 0 aliphatic heterocycles. The summed E-state index contributed by atoms with van der Waals surface area (Å²) in [6.45, 7) is 4.13. The Kier molecular flexibility index (Phi) is 4.25. The maximum Gasteiger partial charge on any atom is 0.317 e. The zero-order chi connectivity index (χ0) is 13.9. The van der Waals surface area contributed by atoms with Crippen LogP contribution >= 0.6 is 15.9 Å². The molecule has 3 heteroatoms. The molecule has 0 radical (unpaired) electrons. The van der Waals surface area contributed by atoms with Crippen molar-refractivity contribution in [2.24, 2.45) is 0 Å². The van der Waals surface area contributed by atoms with Gasteiger partial charge in [0.2, 0.25) is 0 Å². The monoisotopic (exact) mass is 320 g/mol. The Morgan fingerprint density at radius 3 is 2.53 bits per heavy atom. The number of fused-ring (bicyclic) bond motifs is 1. The first-order valence-electron chi connectivity index (χ1n) is 6.34. The molecule has 1 atom stereocenters. The lowest BCUT2D eigenvalue weighted by atomic mass is 9.83. The van der Waals surface area contributed by atoms with E-state index < -0.39 is 5.41 Å². The average molecular weight is 321 g/mol. The number of carbonyl (C=O) groups is 1. The molecule has 0 aromatic heterocycles. The number of ether oxygens (including phenoxy) is 1. The van der Waals surface area contributed by atoms with Crippen LogP contribution in [-0.2, 0) is 14.9 Å². The molecule has 0 unspecified atom stereocenters. The Hall–Kier alpha value is -1.35. The molecule has 0 bridgehead atoms. The Labute approximate surface area is 121 Å². The lowest BCUT2D eigenvalue weighted by Crippen LogP contribution is -2.36. The molecule has 0 aliphatic rings. The van der Waals surface area contributed by atoms with Crippen molar-refractivity contribution < 1.29 is 9.53 Å². The van der Waals surface area contributed by atoms with Gasteiger partial charge in [0, 0.05) is 5.33 Å². The average Bonchev–Trinajstić information content (AvgIpc) is 2.46. The molecule has 0 spiro atoms. The third-order valence-electron chi connectivity index (χ3n) is 3.38. The summed E-state index contributed by atoms with van der Waals surface area (Å²) in [5, 5.41) is 2.85. The fourth-order valence-electron chi connectivity index (χ4n) is 2.07. The topological polar surface area (TPSA) is 26.3 Å². The minimum absolute atomic E-state index is 0.192. The molecule has 0 saturated heterocycles. The maximum absolute atomic E-state index is 12.2. The van der Waals surface area contributed by atoms with Crippen LogP contribution in [0.1, 0.15) is 19.4 Å². The van der Waals surface area contributed by atoms with Crippen molar-refractivity contribution >= 4 is 32.7 Å². The number of halogens is 1. The van der Waals surface area contributed by atoms with Gasteiger partial charge in [-0.2, -0.15) is 0 Å². The molecule has 0 saturated carbocycles. The van der Waals surface area contributed by atoms with Crippen LogP contribution in [0.2, 0.25) is 0 Å². The van der Waals surface area contributed by atoms with Crippen LogP contribution in [0.4, 0.5) is 0 Å². The van der Waals surface area contributed by atoms with Crippen LogP contribution in [0, 0.1) is 0 Å². The van der Waals surface area contributed by atoms with E-state index in [1.165, 1.54) is 5.39 Å². The highest BCUT2D eigenvalue weighted by atomic mass is 79.9. The Morgan fingerprint density at radius 1 is 1.21 bits per heavy atom. The molecule has 0 heterocycles. The van der Waals surface area contributed by atoms with E-state index in [2.05, 4.69) is 34.1 Å². The highest BCUT2D eigenvalue weighted by molar-refractivity contribution is 9.09. The van der Waals surface area contributed by atoms with Crippen LogP contribution < -0.4 is 0 Å². The van der Waals surface area contributed by atoms with Crippen molar-refractivity contribution in [2.45, 2.75) is 19.3 Å². The van der Waals surface area contributed by atoms with E-state index in [-0.39, 0.29) is 5.97 Å². The predicted molar refractivity (Wildman–Crippen MR) is 81.7 cm³/mol. The van der Waals surface area contributed by atoms with Gasteiger partial charge in [0.1, 0.15) is 0 Å². The van der Waals surface area contributed by atoms with Crippen LogP contribution in [0.15, 0.2) is 42.5 Å². The molecule has 100 valence electrons. The highest BCUT2D eigenvalue weighted by Crippen LogP contribution is 2.30. The van der Waals surface area contributed by atoms with Gasteiger partial charge in [-0.25, -0.2) is 0 Å². The van der Waals surface area contributed by atoms with Gasteiger partial charge in [-0.1, -0.05) is 52.3 Å². The molecule has 0 aliphatic carbocycles. The van der Waals surface area contributed by atoms with Gasteiger partial charge < -0.3 is 4.74 Å². The molecule has 0 N–H and O–H groups in total. The van der Waals surface area contributed by atoms with Gasteiger partial charge in [-0.15, -0.1) is 0 Å². The van der Waals surface area contributed by atoms with Crippen molar-refractivity contribution in [3.63, 3.8) is 0 Å². The van der Waals surface area contributed by atoms with Gasteiger partial charge in [-0.3, -0.25) is 4.79 Å². The molecule has 2 aromatic carbocycles. The number of esters is 1. The van der Waals surface area contributed by atoms with E-state index in [9.17, 15) is 4.79 Å². The Bertz CT molecular complexity index is 594. The van der Waals surface area contributed by atoms with Crippen LogP contribution in [0.3, 0.4) is 0 Å². The molecular weight excluding hydrogens is 304 g/mol. The molecule has 0 fully saturated rings. The summed E-state index contributed by atoms with van der Waals surface area (Å²) in [6.07, 6.45) is 0. The van der Waals surface area contributed by atoms with Crippen LogP contribution in [0.5, 0.6) is 0 Å². The summed E-state index contributed by atoms with van der Waals surface area (Å²) in [5.74, 6) is -0.192. The summed E-state index contributed by atoms with van der Waals surface area (Å²) in [4.78, 5) is 12.2. The lowest BCUT2D eigenvalue weighted by molar-refractivity contribution is -0.148. The summed E-state index contributed by atoms with van der Waals surface area (Å²) in [7, 11) is 0. The fraction of sp³-hybridized carbons (Fsp3) is 0.312. The summed E-state index contributed by atoms with van der Waals surface area (Å²) >= 11 is 3.44. The first-order chi connectivity index (χ1) is 9.11. The van der Waals surface area contributed by atoms with Gasteiger partial charge in [0.25, 0.3) is 0 Å². The summed E-state index contributed by atoms with van der Waals surface area (Å²) in [6, 6.07) is 14.2. The minimum atomic E-state index is -0.653. The Balaban J connectivity index is 2.48. The number of carbonyl (C=O) groups excluding carboxylic acids is 1. The number of alkyl halides is 1.